The van der Waals surface area contributed by atoms with Gasteiger partial charge in [-0.05, 0) is 18.2 Å². The minimum atomic E-state index is 0.263. The lowest BCUT2D eigenvalue weighted by molar-refractivity contribution is 0.173. The van der Waals surface area contributed by atoms with E-state index in [4.69, 9.17) is 19.9 Å². The molecule has 1 aromatic carbocycles. The Morgan fingerprint density at radius 3 is 3.00 bits per heavy atom. The number of nitrogens with zero attached hydrogens (tertiary/aromatic N) is 1. The molecule has 1 aromatic heterocycles. The lowest BCUT2D eigenvalue weighted by atomic mass is 10.2. The second kappa shape index (κ2) is 5.16. The van der Waals surface area contributed by atoms with Gasteiger partial charge < -0.3 is 19.9 Å². The van der Waals surface area contributed by atoms with E-state index in [-0.39, 0.29) is 6.79 Å². The molecule has 1 aliphatic rings. The number of pyridine rings is 1. The highest BCUT2D eigenvalue weighted by Gasteiger charge is 2.13. The lowest BCUT2D eigenvalue weighted by Crippen LogP contribution is -2.06. The third-order valence-electron chi connectivity index (χ3n) is 2.92. The van der Waals surface area contributed by atoms with Crippen molar-refractivity contribution in [3.8, 4) is 17.2 Å². The van der Waals surface area contributed by atoms with E-state index < -0.39 is 0 Å². The number of rotatable bonds is 4. The zero-order valence-electron chi connectivity index (χ0n) is 10.3. The molecule has 0 unspecified atom stereocenters. The van der Waals surface area contributed by atoms with Crippen molar-refractivity contribution in [3.05, 3.63) is 47.8 Å². The maximum atomic E-state index is 5.73. The third-order valence-corrected chi connectivity index (χ3v) is 2.92. The van der Waals surface area contributed by atoms with Crippen molar-refractivity contribution in [2.24, 2.45) is 5.73 Å². The topological polar surface area (TPSA) is 66.6 Å². The van der Waals surface area contributed by atoms with Crippen LogP contribution in [0.3, 0.4) is 0 Å². The van der Waals surface area contributed by atoms with Crippen LogP contribution in [0.4, 0.5) is 0 Å². The van der Waals surface area contributed by atoms with Crippen molar-refractivity contribution in [1.82, 2.24) is 4.98 Å². The molecular weight excluding hydrogens is 244 g/mol. The van der Waals surface area contributed by atoms with Crippen LogP contribution >= 0.6 is 0 Å². The number of hydrogen-bond acceptors (Lipinski definition) is 5. The molecule has 0 saturated carbocycles. The van der Waals surface area contributed by atoms with Gasteiger partial charge in [-0.15, -0.1) is 0 Å². The second-order valence-corrected chi connectivity index (χ2v) is 4.12. The molecule has 0 atom stereocenters. The van der Waals surface area contributed by atoms with Gasteiger partial charge in [-0.3, -0.25) is 4.98 Å². The average Bonchev–Trinajstić information content (AvgIpc) is 2.93. The predicted molar refractivity (Wildman–Crippen MR) is 69.0 cm³/mol. The Morgan fingerprint density at radius 2 is 2.11 bits per heavy atom. The summed E-state index contributed by atoms with van der Waals surface area (Å²) in [5.41, 5.74) is 7.48. The van der Waals surface area contributed by atoms with Gasteiger partial charge in [-0.1, -0.05) is 6.07 Å². The number of ether oxygens (including phenoxy) is 3. The molecular formula is C14H14N2O3. The van der Waals surface area contributed by atoms with E-state index >= 15 is 0 Å². The highest BCUT2D eigenvalue weighted by Crippen LogP contribution is 2.35. The van der Waals surface area contributed by atoms with E-state index in [9.17, 15) is 0 Å². The van der Waals surface area contributed by atoms with Crippen LogP contribution in [0.25, 0.3) is 0 Å². The van der Waals surface area contributed by atoms with Crippen molar-refractivity contribution in [2.75, 3.05) is 6.79 Å². The van der Waals surface area contributed by atoms with Gasteiger partial charge in [0, 0.05) is 24.4 Å². The van der Waals surface area contributed by atoms with Gasteiger partial charge in [0.05, 0.1) is 5.69 Å². The first-order valence-electron chi connectivity index (χ1n) is 6.02. The van der Waals surface area contributed by atoms with Crippen LogP contribution in [0.1, 0.15) is 11.3 Å². The maximum absolute atomic E-state index is 5.73. The minimum Gasteiger partial charge on any atom is -0.489 e. The van der Waals surface area contributed by atoms with Crippen LogP contribution in [0.15, 0.2) is 36.5 Å². The molecule has 5 nitrogen and oxygen atoms in total. The van der Waals surface area contributed by atoms with Gasteiger partial charge in [0.15, 0.2) is 11.5 Å². The van der Waals surface area contributed by atoms with Gasteiger partial charge in [0.1, 0.15) is 12.4 Å². The summed E-state index contributed by atoms with van der Waals surface area (Å²) in [6, 6.07) is 9.34. The molecule has 0 fully saturated rings. The monoisotopic (exact) mass is 258 g/mol. The average molecular weight is 258 g/mol. The molecule has 0 aliphatic carbocycles. The van der Waals surface area contributed by atoms with Crippen LogP contribution in [0.2, 0.25) is 0 Å². The molecule has 2 aromatic rings. The van der Waals surface area contributed by atoms with Crippen molar-refractivity contribution >= 4 is 0 Å². The third kappa shape index (κ3) is 2.46. The highest BCUT2D eigenvalue weighted by molar-refractivity contribution is 5.46. The number of hydrogen-bond donors (Lipinski definition) is 1. The number of nitrogens with two attached hydrogens (primary N) is 1. The Morgan fingerprint density at radius 1 is 1.21 bits per heavy atom. The second-order valence-electron chi connectivity index (χ2n) is 4.12. The van der Waals surface area contributed by atoms with Crippen molar-refractivity contribution in [1.29, 1.82) is 0 Å². The van der Waals surface area contributed by atoms with Crippen molar-refractivity contribution in [3.63, 3.8) is 0 Å². The smallest absolute Gasteiger partial charge is 0.231 e. The van der Waals surface area contributed by atoms with Crippen LogP contribution in [-0.4, -0.2) is 11.8 Å². The Kier molecular flexibility index (Phi) is 3.20. The molecule has 5 heteroatoms. The molecule has 0 amide bonds. The van der Waals surface area contributed by atoms with Gasteiger partial charge >= 0.3 is 0 Å². The molecule has 2 N–H and O–H groups in total. The Hall–Kier alpha value is -2.27. The fourth-order valence-corrected chi connectivity index (χ4v) is 1.91. The minimum absolute atomic E-state index is 0.263. The first-order chi connectivity index (χ1) is 9.36. The summed E-state index contributed by atoms with van der Waals surface area (Å²) in [5.74, 6) is 2.19. The predicted octanol–water partition coefficient (Wildman–Crippen LogP) is 1.85. The van der Waals surface area contributed by atoms with Crippen LogP contribution < -0.4 is 19.9 Å². The van der Waals surface area contributed by atoms with Crippen molar-refractivity contribution < 1.29 is 14.2 Å². The standard InChI is InChI=1S/C14H14N2O3/c15-7-12-10(2-1-5-16-12)8-17-11-3-4-13-14(6-11)19-9-18-13/h1-6H,7-9,15H2. The lowest BCUT2D eigenvalue weighted by Gasteiger charge is -2.09. The summed E-state index contributed by atoms with van der Waals surface area (Å²) in [5, 5.41) is 0. The zero-order chi connectivity index (χ0) is 13.1. The molecule has 98 valence electrons. The van der Waals surface area contributed by atoms with E-state index in [1.165, 1.54) is 0 Å². The summed E-state index contributed by atoms with van der Waals surface area (Å²) in [4.78, 5) is 4.22. The fourth-order valence-electron chi connectivity index (χ4n) is 1.91. The maximum Gasteiger partial charge on any atom is 0.231 e. The van der Waals surface area contributed by atoms with Gasteiger partial charge in [-0.25, -0.2) is 0 Å². The fraction of sp³-hybridized carbons (Fsp3) is 0.214. The van der Waals surface area contributed by atoms with Crippen LogP contribution in [0, 0.1) is 0 Å². The first kappa shape index (κ1) is 11.8. The van der Waals surface area contributed by atoms with E-state index in [1.807, 2.05) is 30.3 Å². The summed E-state index contributed by atoms with van der Waals surface area (Å²) in [7, 11) is 0. The van der Waals surface area contributed by atoms with Gasteiger partial charge in [-0.2, -0.15) is 0 Å². The van der Waals surface area contributed by atoms with E-state index in [0.717, 1.165) is 22.8 Å². The number of aromatic nitrogens is 1. The SMILES string of the molecule is NCc1ncccc1COc1ccc2c(c1)OCO2. The quantitative estimate of drug-likeness (QED) is 0.906. The molecule has 3 rings (SSSR count). The van der Waals surface area contributed by atoms with Crippen LogP contribution in [0.5, 0.6) is 17.2 Å². The summed E-state index contributed by atoms with van der Waals surface area (Å²) in [6.07, 6.45) is 1.73. The van der Waals surface area contributed by atoms with E-state index in [0.29, 0.717) is 18.9 Å². The molecule has 0 radical (unpaired) electrons. The summed E-state index contributed by atoms with van der Waals surface area (Å²) in [6.45, 7) is 1.10. The summed E-state index contributed by atoms with van der Waals surface area (Å²) < 4.78 is 16.3. The van der Waals surface area contributed by atoms with Gasteiger partial charge in [0.2, 0.25) is 6.79 Å². The van der Waals surface area contributed by atoms with Crippen LogP contribution in [-0.2, 0) is 13.2 Å². The molecule has 1 aliphatic heterocycles. The molecule has 0 saturated heterocycles. The molecule has 0 bridgehead atoms. The summed E-state index contributed by atoms with van der Waals surface area (Å²) >= 11 is 0. The first-order valence-corrected chi connectivity index (χ1v) is 6.02. The Labute approximate surface area is 110 Å². The number of fused-ring (bicyclic) bond motifs is 1. The normalized spacial score (nSPS) is 12.5. The largest absolute Gasteiger partial charge is 0.489 e. The highest BCUT2D eigenvalue weighted by atomic mass is 16.7. The Balaban J connectivity index is 1.72. The zero-order valence-corrected chi connectivity index (χ0v) is 10.3. The van der Waals surface area contributed by atoms with E-state index in [1.54, 1.807) is 6.20 Å². The molecule has 0 spiro atoms. The van der Waals surface area contributed by atoms with Crippen molar-refractivity contribution in [2.45, 2.75) is 13.2 Å². The Bertz CT molecular complexity index is 587. The number of benzene rings is 1. The van der Waals surface area contributed by atoms with Gasteiger partial charge in [0.25, 0.3) is 0 Å². The molecule has 2 heterocycles. The van der Waals surface area contributed by atoms with E-state index in [2.05, 4.69) is 4.98 Å². The molecule has 19 heavy (non-hydrogen) atoms.